The van der Waals surface area contributed by atoms with E-state index in [0.29, 0.717) is 6.04 Å². The highest BCUT2D eigenvalue weighted by Crippen LogP contribution is 2.23. The van der Waals surface area contributed by atoms with Crippen molar-refractivity contribution in [1.29, 1.82) is 0 Å². The molecular formula is C17H25N3. The summed E-state index contributed by atoms with van der Waals surface area (Å²) < 4.78 is 2.11. The lowest BCUT2D eigenvalue weighted by atomic mass is 9.95. The first-order chi connectivity index (χ1) is 9.76. The molecule has 0 amide bonds. The average molecular weight is 271 g/mol. The number of aryl methyl sites for hydroxylation is 3. The molecule has 0 aliphatic carbocycles. The zero-order chi connectivity index (χ0) is 14.4. The molecule has 2 aromatic rings. The number of benzene rings is 1. The van der Waals surface area contributed by atoms with Gasteiger partial charge in [0.15, 0.2) is 0 Å². The van der Waals surface area contributed by atoms with Gasteiger partial charge in [0.25, 0.3) is 0 Å². The molecule has 3 nitrogen and oxygen atoms in total. The average Bonchev–Trinajstić information content (AvgIpc) is 2.89. The zero-order valence-electron chi connectivity index (χ0n) is 12.8. The zero-order valence-corrected chi connectivity index (χ0v) is 12.8. The quantitative estimate of drug-likeness (QED) is 0.837. The summed E-state index contributed by atoms with van der Waals surface area (Å²) in [5.41, 5.74) is 2.88. The van der Waals surface area contributed by atoms with Crippen LogP contribution >= 0.6 is 0 Å². The third-order valence-corrected chi connectivity index (χ3v) is 3.84. The topological polar surface area (TPSA) is 29.9 Å². The Morgan fingerprint density at radius 3 is 2.70 bits per heavy atom. The molecule has 20 heavy (non-hydrogen) atoms. The Hall–Kier alpha value is -1.61. The van der Waals surface area contributed by atoms with E-state index in [0.717, 1.165) is 31.6 Å². The Morgan fingerprint density at radius 2 is 2.05 bits per heavy atom. The van der Waals surface area contributed by atoms with Crippen LogP contribution in [0.4, 0.5) is 0 Å². The number of nitrogens with one attached hydrogen (secondary N) is 1. The normalized spacial score (nSPS) is 12.6. The van der Waals surface area contributed by atoms with E-state index >= 15 is 0 Å². The molecule has 1 heterocycles. The van der Waals surface area contributed by atoms with Gasteiger partial charge in [-0.25, -0.2) is 4.98 Å². The summed E-state index contributed by atoms with van der Waals surface area (Å²) in [6, 6.07) is 9.17. The fourth-order valence-electron chi connectivity index (χ4n) is 2.72. The van der Waals surface area contributed by atoms with E-state index in [2.05, 4.69) is 60.0 Å². The van der Waals surface area contributed by atoms with Gasteiger partial charge in [0.05, 0.1) is 0 Å². The third-order valence-electron chi connectivity index (χ3n) is 3.84. The number of hydrogen-bond donors (Lipinski definition) is 1. The van der Waals surface area contributed by atoms with E-state index in [9.17, 15) is 0 Å². The van der Waals surface area contributed by atoms with Crippen LogP contribution < -0.4 is 5.32 Å². The molecule has 0 saturated carbocycles. The molecule has 0 aliphatic heterocycles. The molecule has 2 rings (SSSR count). The summed E-state index contributed by atoms with van der Waals surface area (Å²) in [7, 11) is 2.06. The highest BCUT2D eigenvalue weighted by atomic mass is 15.0. The van der Waals surface area contributed by atoms with Gasteiger partial charge in [0.2, 0.25) is 0 Å². The Balaban J connectivity index is 2.12. The molecule has 1 atom stereocenters. The largest absolute Gasteiger partial charge is 0.338 e. The Bertz CT molecular complexity index is 531. The number of imidazole rings is 1. The second kappa shape index (κ2) is 7.25. The van der Waals surface area contributed by atoms with E-state index in [1.165, 1.54) is 11.1 Å². The van der Waals surface area contributed by atoms with Crippen LogP contribution in [0.1, 0.15) is 43.3 Å². The Morgan fingerprint density at radius 1 is 1.25 bits per heavy atom. The highest BCUT2D eigenvalue weighted by molar-refractivity contribution is 5.30. The van der Waals surface area contributed by atoms with Gasteiger partial charge in [-0.1, -0.05) is 38.1 Å². The SMILES string of the molecule is CCNC(CCc1nccn1C)c1ccccc1CC. The fraction of sp³-hybridized carbons (Fsp3) is 0.471. The second-order valence-corrected chi connectivity index (χ2v) is 5.16. The van der Waals surface area contributed by atoms with Crippen LogP contribution in [0.3, 0.4) is 0 Å². The predicted molar refractivity (Wildman–Crippen MR) is 83.8 cm³/mol. The van der Waals surface area contributed by atoms with Gasteiger partial charge >= 0.3 is 0 Å². The number of nitrogens with zero attached hydrogens (tertiary/aromatic N) is 2. The van der Waals surface area contributed by atoms with Crippen molar-refractivity contribution >= 4 is 0 Å². The van der Waals surface area contributed by atoms with Crippen molar-refractivity contribution in [3.63, 3.8) is 0 Å². The van der Waals surface area contributed by atoms with Crippen LogP contribution in [-0.2, 0) is 19.9 Å². The molecule has 0 bridgehead atoms. The van der Waals surface area contributed by atoms with Crippen LogP contribution in [-0.4, -0.2) is 16.1 Å². The minimum absolute atomic E-state index is 0.410. The summed E-state index contributed by atoms with van der Waals surface area (Å²) in [4.78, 5) is 4.42. The summed E-state index contributed by atoms with van der Waals surface area (Å²) in [6.07, 6.45) is 7.05. The number of aromatic nitrogens is 2. The standard InChI is InChI=1S/C17H25N3/c1-4-14-8-6-7-9-15(14)16(18-5-2)10-11-17-19-12-13-20(17)3/h6-9,12-13,16,18H,4-5,10-11H2,1-3H3. The van der Waals surface area contributed by atoms with Crippen LogP contribution in [0.15, 0.2) is 36.7 Å². The minimum Gasteiger partial charge on any atom is -0.338 e. The molecule has 1 aromatic carbocycles. The molecule has 0 radical (unpaired) electrons. The van der Waals surface area contributed by atoms with Crippen molar-refractivity contribution < 1.29 is 0 Å². The monoisotopic (exact) mass is 271 g/mol. The molecule has 3 heteroatoms. The van der Waals surface area contributed by atoms with E-state index < -0.39 is 0 Å². The predicted octanol–water partition coefficient (Wildman–Crippen LogP) is 3.27. The summed E-state index contributed by atoms with van der Waals surface area (Å²) in [6.45, 7) is 5.38. The maximum atomic E-state index is 4.42. The van der Waals surface area contributed by atoms with Gasteiger partial charge in [-0.05, 0) is 30.5 Å². The molecule has 0 saturated heterocycles. The van der Waals surface area contributed by atoms with E-state index in [-0.39, 0.29) is 0 Å². The molecule has 0 aliphatic rings. The van der Waals surface area contributed by atoms with Crippen molar-refractivity contribution in [2.75, 3.05) is 6.54 Å². The number of rotatable bonds is 7. The van der Waals surface area contributed by atoms with E-state index in [4.69, 9.17) is 0 Å². The van der Waals surface area contributed by atoms with Crippen LogP contribution in [0.5, 0.6) is 0 Å². The van der Waals surface area contributed by atoms with Gasteiger partial charge in [0, 0.05) is 31.9 Å². The number of hydrogen-bond acceptors (Lipinski definition) is 2. The Kier molecular flexibility index (Phi) is 5.36. The molecule has 1 N–H and O–H groups in total. The maximum Gasteiger partial charge on any atom is 0.108 e. The highest BCUT2D eigenvalue weighted by Gasteiger charge is 2.14. The summed E-state index contributed by atoms with van der Waals surface area (Å²) in [5, 5.41) is 3.62. The first-order valence-corrected chi connectivity index (χ1v) is 7.53. The van der Waals surface area contributed by atoms with Gasteiger partial charge in [-0.3, -0.25) is 0 Å². The minimum atomic E-state index is 0.410. The first kappa shape index (κ1) is 14.8. The second-order valence-electron chi connectivity index (χ2n) is 5.16. The van der Waals surface area contributed by atoms with Crippen LogP contribution in [0.2, 0.25) is 0 Å². The summed E-state index contributed by atoms with van der Waals surface area (Å²) in [5.74, 6) is 1.15. The van der Waals surface area contributed by atoms with E-state index in [1.807, 2.05) is 12.4 Å². The van der Waals surface area contributed by atoms with Gasteiger partial charge in [-0.2, -0.15) is 0 Å². The summed E-state index contributed by atoms with van der Waals surface area (Å²) >= 11 is 0. The van der Waals surface area contributed by atoms with Gasteiger partial charge < -0.3 is 9.88 Å². The maximum absolute atomic E-state index is 4.42. The lowest BCUT2D eigenvalue weighted by Gasteiger charge is -2.21. The van der Waals surface area contributed by atoms with Gasteiger partial charge in [0.1, 0.15) is 5.82 Å². The van der Waals surface area contributed by atoms with Crippen LogP contribution in [0, 0.1) is 0 Å². The van der Waals surface area contributed by atoms with Crippen molar-refractivity contribution in [1.82, 2.24) is 14.9 Å². The first-order valence-electron chi connectivity index (χ1n) is 7.53. The van der Waals surface area contributed by atoms with E-state index in [1.54, 1.807) is 0 Å². The van der Waals surface area contributed by atoms with Crippen molar-refractivity contribution in [3.05, 3.63) is 53.6 Å². The molecule has 0 fully saturated rings. The smallest absolute Gasteiger partial charge is 0.108 e. The lowest BCUT2D eigenvalue weighted by Crippen LogP contribution is -2.23. The van der Waals surface area contributed by atoms with Crippen LogP contribution in [0.25, 0.3) is 0 Å². The van der Waals surface area contributed by atoms with Gasteiger partial charge in [-0.15, -0.1) is 0 Å². The lowest BCUT2D eigenvalue weighted by molar-refractivity contribution is 0.502. The molecular weight excluding hydrogens is 246 g/mol. The van der Waals surface area contributed by atoms with Crippen molar-refractivity contribution in [3.8, 4) is 0 Å². The molecule has 1 aromatic heterocycles. The van der Waals surface area contributed by atoms with Crippen molar-refractivity contribution in [2.24, 2.45) is 7.05 Å². The molecule has 1 unspecified atom stereocenters. The molecule has 0 spiro atoms. The Labute approximate surface area is 122 Å². The third kappa shape index (κ3) is 3.48. The van der Waals surface area contributed by atoms with Crippen molar-refractivity contribution in [2.45, 2.75) is 39.2 Å². The molecule has 108 valence electrons. The fourth-order valence-corrected chi connectivity index (χ4v) is 2.72.